The molecule has 0 spiro atoms. The van der Waals surface area contributed by atoms with E-state index in [4.69, 9.17) is 0 Å². The molecule has 0 aromatic heterocycles. The largest absolute Gasteiger partial charge is 0.339 e. The Balaban J connectivity index is 1.49. The van der Waals surface area contributed by atoms with E-state index in [1.165, 1.54) is 12.0 Å². The molecule has 6 nitrogen and oxygen atoms in total. The fourth-order valence-electron chi connectivity index (χ4n) is 4.08. The zero-order valence-electron chi connectivity index (χ0n) is 17.5. The highest BCUT2D eigenvalue weighted by Crippen LogP contribution is 2.26. The van der Waals surface area contributed by atoms with Crippen LogP contribution in [0, 0.1) is 0 Å². The first-order chi connectivity index (χ1) is 13.9. The van der Waals surface area contributed by atoms with Gasteiger partial charge in [-0.05, 0) is 25.3 Å². The Morgan fingerprint density at radius 2 is 1.72 bits per heavy atom. The van der Waals surface area contributed by atoms with E-state index < -0.39 is 10.2 Å². The molecule has 1 saturated heterocycles. The SMILES string of the molecule is CC(SCc1ccccc1)C(=O)N1CCN(S(=O)(=O)N(C)C2CCCCC2)CC1. The monoisotopic (exact) mass is 439 g/mol. The molecule has 1 aliphatic carbocycles. The van der Waals surface area contributed by atoms with E-state index in [-0.39, 0.29) is 17.2 Å². The molecule has 1 amide bonds. The fraction of sp³-hybridized carbons (Fsp3) is 0.667. The van der Waals surface area contributed by atoms with E-state index in [1.807, 2.05) is 30.0 Å². The van der Waals surface area contributed by atoms with Gasteiger partial charge >= 0.3 is 0 Å². The van der Waals surface area contributed by atoms with E-state index in [9.17, 15) is 13.2 Å². The number of hydrogen-bond acceptors (Lipinski definition) is 4. The Morgan fingerprint density at radius 3 is 2.34 bits per heavy atom. The second-order valence-electron chi connectivity index (χ2n) is 7.98. The van der Waals surface area contributed by atoms with Crippen LogP contribution < -0.4 is 0 Å². The zero-order valence-corrected chi connectivity index (χ0v) is 19.1. The minimum atomic E-state index is -3.45. The molecule has 1 aromatic rings. The second-order valence-corrected chi connectivity index (χ2v) is 11.3. The predicted molar refractivity (Wildman–Crippen MR) is 119 cm³/mol. The highest BCUT2D eigenvalue weighted by atomic mass is 32.2. The van der Waals surface area contributed by atoms with Crippen LogP contribution in [0.3, 0.4) is 0 Å². The number of rotatable bonds is 7. The highest BCUT2D eigenvalue weighted by molar-refractivity contribution is 7.99. The van der Waals surface area contributed by atoms with Crippen molar-refractivity contribution < 1.29 is 13.2 Å². The summed E-state index contributed by atoms with van der Waals surface area (Å²) < 4.78 is 29.1. The van der Waals surface area contributed by atoms with Crippen molar-refractivity contribution in [3.05, 3.63) is 35.9 Å². The van der Waals surface area contributed by atoms with Crippen molar-refractivity contribution >= 4 is 27.9 Å². The van der Waals surface area contributed by atoms with Gasteiger partial charge in [-0.15, -0.1) is 11.8 Å². The van der Waals surface area contributed by atoms with Crippen molar-refractivity contribution in [3.8, 4) is 0 Å². The minimum absolute atomic E-state index is 0.101. The molecule has 29 heavy (non-hydrogen) atoms. The highest BCUT2D eigenvalue weighted by Gasteiger charge is 2.35. The molecule has 0 bridgehead atoms. The summed E-state index contributed by atoms with van der Waals surface area (Å²) in [5, 5.41) is -0.136. The number of carbonyl (C=O) groups excluding carboxylic acids is 1. The molecule has 1 aromatic carbocycles. The smallest absolute Gasteiger partial charge is 0.282 e. The maximum atomic E-state index is 13.0. The molecule has 1 unspecified atom stereocenters. The van der Waals surface area contributed by atoms with E-state index in [0.717, 1.165) is 31.4 Å². The maximum Gasteiger partial charge on any atom is 0.282 e. The molecule has 2 aliphatic rings. The third-order valence-electron chi connectivity index (χ3n) is 6.02. The van der Waals surface area contributed by atoms with Gasteiger partial charge in [0.2, 0.25) is 5.91 Å². The van der Waals surface area contributed by atoms with Crippen molar-refractivity contribution in [3.63, 3.8) is 0 Å². The van der Waals surface area contributed by atoms with Crippen LogP contribution in [0.2, 0.25) is 0 Å². The number of piperazine rings is 1. The minimum Gasteiger partial charge on any atom is -0.339 e. The topological polar surface area (TPSA) is 60.9 Å². The second kappa shape index (κ2) is 10.3. The normalized spacial score (nSPS) is 20.7. The molecular formula is C21H33N3O3S2. The third-order valence-corrected chi connectivity index (χ3v) is 9.27. The quantitative estimate of drug-likeness (QED) is 0.655. The average molecular weight is 440 g/mol. The van der Waals surface area contributed by atoms with E-state index in [2.05, 4.69) is 12.1 Å². The summed E-state index contributed by atoms with van der Waals surface area (Å²) in [6.45, 7) is 3.62. The lowest BCUT2D eigenvalue weighted by molar-refractivity contribution is -0.131. The van der Waals surface area contributed by atoms with Crippen LogP contribution in [-0.4, -0.2) is 72.4 Å². The zero-order chi connectivity index (χ0) is 20.9. The number of benzene rings is 1. The molecule has 3 rings (SSSR count). The first-order valence-electron chi connectivity index (χ1n) is 10.6. The summed E-state index contributed by atoms with van der Waals surface area (Å²) in [7, 11) is -1.74. The van der Waals surface area contributed by atoms with Gasteiger partial charge in [0, 0.05) is 45.0 Å². The Labute approximate surface area is 179 Å². The number of amides is 1. The third kappa shape index (κ3) is 5.75. The van der Waals surface area contributed by atoms with Crippen molar-refractivity contribution in [2.45, 2.75) is 56.1 Å². The molecule has 162 valence electrons. The Hall–Kier alpha value is -1.09. The van der Waals surface area contributed by atoms with Gasteiger partial charge in [-0.25, -0.2) is 0 Å². The van der Waals surface area contributed by atoms with Crippen molar-refractivity contribution in [2.24, 2.45) is 0 Å². The lowest BCUT2D eigenvalue weighted by Crippen LogP contribution is -2.56. The van der Waals surface area contributed by atoms with Crippen LogP contribution in [0.1, 0.15) is 44.6 Å². The Bertz CT molecular complexity index is 759. The van der Waals surface area contributed by atoms with Crippen LogP contribution in [-0.2, 0) is 20.8 Å². The predicted octanol–water partition coefficient (Wildman–Crippen LogP) is 2.96. The summed E-state index contributed by atoms with van der Waals surface area (Å²) in [6, 6.07) is 10.2. The van der Waals surface area contributed by atoms with E-state index in [0.29, 0.717) is 26.2 Å². The van der Waals surface area contributed by atoms with E-state index >= 15 is 0 Å². The molecular weight excluding hydrogens is 406 g/mol. The maximum absolute atomic E-state index is 13.0. The van der Waals surface area contributed by atoms with Crippen LogP contribution in [0.15, 0.2) is 30.3 Å². The summed E-state index contributed by atoms with van der Waals surface area (Å²) in [4.78, 5) is 14.6. The van der Waals surface area contributed by atoms with Crippen LogP contribution >= 0.6 is 11.8 Å². The van der Waals surface area contributed by atoms with Gasteiger partial charge in [-0.2, -0.15) is 17.0 Å². The van der Waals surface area contributed by atoms with Crippen molar-refractivity contribution in [2.75, 3.05) is 33.2 Å². The summed E-state index contributed by atoms with van der Waals surface area (Å²) in [5.74, 6) is 0.900. The van der Waals surface area contributed by atoms with Gasteiger partial charge < -0.3 is 4.90 Å². The van der Waals surface area contributed by atoms with Gasteiger partial charge in [0.25, 0.3) is 10.2 Å². The Morgan fingerprint density at radius 1 is 1.10 bits per heavy atom. The number of nitrogens with zero attached hydrogens (tertiary/aromatic N) is 3. The van der Waals surface area contributed by atoms with Crippen molar-refractivity contribution in [1.82, 2.24) is 13.5 Å². The molecule has 8 heteroatoms. The van der Waals surface area contributed by atoms with Gasteiger partial charge in [-0.3, -0.25) is 4.79 Å². The lowest BCUT2D eigenvalue weighted by Gasteiger charge is -2.39. The molecule has 1 aliphatic heterocycles. The average Bonchev–Trinajstić information content (AvgIpc) is 2.77. The van der Waals surface area contributed by atoms with Gasteiger partial charge in [-0.1, -0.05) is 49.6 Å². The van der Waals surface area contributed by atoms with Gasteiger partial charge in [0.05, 0.1) is 5.25 Å². The van der Waals surface area contributed by atoms with Gasteiger partial charge in [0.15, 0.2) is 0 Å². The molecule has 1 heterocycles. The standard InChI is InChI=1S/C21H33N3O3S2/c1-18(28-17-19-9-5-3-6-10-19)21(25)23-13-15-24(16-14-23)29(26,27)22(2)20-11-7-4-8-12-20/h3,5-6,9-10,18,20H,4,7-8,11-17H2,1-2H3. The first kappa shape index (κ1) is 22.6. The number of carbonyl (C=O) groups is 1. The number of thioether (sulfide) groups is 1. The van der Waals surface area contributed by atoms with Crippen LogP contribution in [0.25, 0.3) is 0 Å². The molecule has 0 radical (unpaired) electrons. The number of hydrogen-bond donors (Lipinski definition) is 0. The Kier molecular flexibility index (Phi) is 8.01. The van der Waals surface area contributed by atoms with Crippen LogP contribution in [0.5, 0.6) is 0 Å². The lowest BCUT2D eigenvalue weighted by atomic mass is 9.96. The first-order valence-corrected chi connectivity index (χ1v) is 13.0. The summed E-state index contributed by atoms with van der Waals surface area (Å²) in [6.07, 6.45) is 5.30. The fourth-order valence-corrected chi connectivity index (χ4v) is 6.58. The van der Waals surface area contributed by atoms with Crippen molar-refractivity contribution in [1.29, 1.82) is 0 Å². The summed E-state index contributed by atoms with van der Waals surface area (Å²) in [5.41, 5.74) is 1.21. The molecule has 1 atom stereocenters. The van der Waals surface area contributed by atoms with Gasteiger partial charge in [0.1, 0.15) is 0 Å². The molecule has 1 saturated carbocycles. The molecule has 0 N–H and O–H groups in total. The summed E-state index contributed by atoms with van der Waals surface area (Å²) >= 11 is 1.63. The van der Waals surface area contributed by atoms with Crippen LogP contribution in [0.4, 0.5) is 0 Å². The molecule has 2 fully saturated rings. The van der Waals surface area contributed by atoms with E-state index in [1.54, 1.807) is 27.4 Å².